The Bertz CT molecular complexity index is 1100. The summed E-state index contributed by atoms with van der Waals surface area (Å²) in [6.07, 6.45) is 2.76. The lowest BCUT2D eigenvalue weighted by Crippen LogP contribution is -2.25. The third kappa shape index (κ3) is 4.26. The Morgan fingerprint density at radius 2 is 2.00 bits per heavy atom. The Balaban J connectivity index is 1.29. The van der Waals surface area contributed by atoms with Crippen molar-refractivity contribution in [3.63, 3.8) is 0 Å². The molecule has 0 saturated carbocycles. The average molecular weight is 390 g/mol. The number of aryl methyl sites for hydroxylation is 1. The summed E-state index contributed by atoms with van der Waals surface area (Å²) < 4.78 is 7.38. The second-order valence-electron chi connectivity index (χ2n) is 6.59. The number of carbonyl (C=O) groups is 1. The van der Waals surface area contributed by atoms with Gasteiger partial charge in [-0.25, -0.2) is 4.68 Å². The van der Waals surface area contributed by atoms with Crippen molar-refractivity contribution < 1.29 is 9.53 Å². The summed E-state index contributed by atoms with van der Waals surface area (Å²) in [6, 6.07) is 15.2. The molecule has 0 aliphatic carbocycles. The molecule has 8 heteroatoms. The van der Waals surface area contributed by atoms with Crippen molar-refractivity contribution >= 4 is 16.8 Å². The molecule has 2 aromatic heterocycles. The third-order valence-electron chi connectivity index (χ3n) is 4.74. The van der Waals surface area contributed by atoms with Gasteiger partial charge in [0, 0.05) is 35.8 Å². The van der Waals surface area contributed by atoms with Crippen LogP contribution in [0.15, 0.2) is 54.7 Å². The van der Waals surface area contributed by atoms with Crippen molar-refractivity contribution in [1.82, 2.24) is 30.5 Å². The van der Waals surface area contributed by atoms with Crippen LogP contribution in [-0.2, 0) is 19.6 Å². The molecule has 0 spiro atoms. The molecule has 2 aromatic carbocycles. The van der Waals surface area contributed by atoms with Crippen LogP contribution < -0.4 is 10.1 Å². The van der Waals surface area contributed by atoms with Crippen LogP contribution in [-0.4, -0.2) is 37.6 Å². The molecule has 4 rings (SSSR count). The van der Waals surface area contributed by atoms with Crippen LogP contribution in [0.5, 0.6) is 5.75 Å². The highest BCUT2D eigenvalue weighted by Crippen LogP contribution is 2.18. The topological polar surface area (TPSA) is 97.7 Å². The smallest absolute Gasteiger partial charge is 0.251 e. The van der Waals surface area contributed by atoms with E-state index in [0.717, 1.165) is 11.9 Å². The summed E-state index contributed by atoms with van der Waals surface area (Å²) in [5.74, 6) is 1.21. The predicted octanol–water partition coefficient (Wildman–Crippen LogP) is 2.73. The zero-order valence-corrected chi connectivity index (χ0v) is 16.1. The molecule has 0 radical (unpaired) electrons. The van der Waals surface area contributed by atoms with Gasteiger partial charge in [-0.1, -0.05) is 18.2 Å². The SMILES string of the molecule is CCn1nnnc1COc1ccc(C(=O)NCCc2c[nH]c3ccccc23)cc1. The highest BCUT2D eigenvalue weighted by Gasteiger charge is 2.08. The van der Waals surface area contributed by atoms with Crippen molar-refractivity contribution in [3.05, 3.63) is 71.7 Å². The number of nitrogens with zero attached hydrogens (tertiary/aromatic N) is 4. The van der Waals surface area contributed by atoms with Gasteiger partial charge in [-0.05, 0) is 59.7 Å². The molecule has 0 aliphatic heterocycles. The van der Waals surface area contributed by atoms with Crippen LogP contribution in [0, 0.1) is 0 Å². The van der Waals surface area contributed by atoms with Gasteiger partial charge in [0.15, 0.2) is 5.82 Å². The van der Waals surface area contributed by atoms with E-state index in [1.54, 1.807) is 28.9 Å². The summed E-state index contributed by atoms with van der Waals surface area (Å²) in [6.45, 7) is 3.49. The number of H-pyrrole nitrogens is 1. The molecular formula is C21H22N6O2. The number of ether oxygens (including phenoxy) is 1. The highest BCUT2D eigenvalue weighted by atomic mass is 16.5. The minimum Gasteiger partial charge on any atom is -0.486 e. The second-order valence-corrected chi connectivity index (χ2v) is 6.59. The lowest BCUT2D eigenvalue weighted by atomic mass is 10.1. The number of fused-ring (bicyclic) bond motifs is 1. The van der Waals surface area contributed by atoms with Crippen LogP contribution in [0.25, 0.3) is 10.9 Å². The third-order valence-corrected chi connectivity index (χ3v) is 4.74. The molecule has 29 heavy (non-hydrogen) atoms. The predicted molar refractivity (Wildman–Crippen MR) is 109 cm³/mol. The van der Waals surface area contributed by atoms with Crippen LogP contribution >= 0.6 is 0 Å². The van der Waals surface area contributed by atoms with Crippen molar-refractivity contribution in [2.24, 2.45) is 0 Å². The van der Waals surface area contributed by atoms with E-state index in [2.05, 4.69) is 31.9 Å². The first-order chi connectivity index (χ1) is 14.2. The number of nitrogens with one attached hydrogen (secondary N) is 2. The number of benzene rings is 2. The normalized spacial score (nSPS) is 10.9. The van der Waals surface area contributed by atoms with Crippen molar-refractivity contribution in [3.8, 4) is 5.75 Å². The number of aromatic nitrogens is 5. The molecule has 8 nitrogen and oxygen atoms in total. The lowest BCUT2D eigenvalue weighted by Gasteiger charge is -2.08. The molecule has 2 heterocycles. The van der Waals surface area contributed by atoms with Gasteiger partial charge in [0.25, 0.3) is 5.91 Å². The average Bonchev–Trinajstić information content (AvgIpc) is 3.39. The van der Waals surface area contributed by atoms with Gasteiger partial charge < -0.3 is 15.0 Å². The van der Waals surface area contributed by atoms with E-state index in [9.17, 15) is 4.79 Å². The fourth-order valence-electron chi connectivity index (χ4n) is 3.17. The van der Waals surface area contributed by atoms with Crippen LogP contribution in [0.4, 0.5) is 0 Å². The van der Waals surface area contributed by atoms with Gasteiger partial charge in [-0.3, -0.25) is 4.79 Å². The van der Waals surface area contributed by atoms with Gasteiger partial charge >= 0.3 is 0 Å². The Labute approximate surface area is 167 Å². The Morgan fingerprint density at radius 3 is 2.83 bits per heavy atom. The Kier molecular flexibility index (Phi) is 5.51. The molecule has 0 unspecified atom stereocenters. The zero-order valence-electron chi connectivity index (χ0n) is 16.1. The molecule has 2 N–H and O–H groups in total. The number of para-hydroxylation sites is 1. The quantitative estimate of drug-likeness (QED) is 0.482. The molecule has 0 fully saturated rings. The summed E-state index contributed by atoms with van der Waals surface area (Å²) in [5.41, 5.74) is 2.89. The molecule has 4 aromatic rings. The minimum atomic E-state index is -0.105. The molecular weight excluding hydrogens is 368 g/mol. The van der Waals surface area contributed by atoms with Crippen LogP contribution in [0.1, 0.15) is 28.7 Å². The number of amides is 1. The largest absolute Gasteiger partial charge is 0.486 e. The molecule has 148 valence electrons. The van der Waals surface area contributed by atoms with Gasteiger partial charge in [-0.15, -0.1) is 5.10 Å². The Hall–Kier alpha value is -3.68. The van der Waals surface area contributed by atoms with Gasteiger partial charge in [0.2, 0.25) is 0 Å². The van der Waals surface area contributed by atoms with E-state index in [-0.39, 0.29) is 12.5 Å². The van der Waals surface area contributed by atoms with E-state index in [1.165, 1.54) is 10.9 Å². The molecule has 0 aliphatic rings. The van der Waals surface area contributed by atoms with Crippen LogP contribution in [0.2, 0.25) is 0 Å². The number of rotatable bonds is 8. The summed E-state index contributed by atoms with van der Waals surface area (Å²) in [4.78, 5) is 15.6. The summed E-state index contributed by atoms with van der Waals surface area (Å²) >= 11 is 0. The maximum Gasteiger partial charge on any atom is 0.251 e. The summed E-state index contributed by atoms with van der Waals surface area (Å²) in [5, 5.41) is 15.6. The lowest BCUT2D eigenvalue weighted by molar-refractivity contribution is 0.0954. The number of hydrogen-bond donors (Lipinski definition) is 2. The summed E-state index contributed by atoms with van der Waals surface area (Å²) in [7, 11) is 0. The monoisotopic (exact) mass is 390 g/mol. The first-order valence-corrected chi connectivity index (χ1v) is 9.55. The van der Waals surface area contributed by atoms with Gasteiger partial charge in [-0.2, -0.15) is 0 Å². The fourth-order valence-corrected chi connectivity index (χ4v) is 3.17. The number of aromatic amines is 1. The maximum absolute atomic E-state index is 12.4. The number of carbonyl (C=O) groups excluding carboxylic acids is 1. The molecule has 0 saturated heterocycles. The Morgan fingerprint density at radius 1 is 1.17 bits per heavy atom. The van der Waals surface area contributed by atoms with Crippen molar-refractivity contribution in [1.29, 1.82) is 0 Å². The maximum atomic E-state index is 12.4. The van der Waals surface area contributed by atoms with E-state index < -0.39 is 0 Å². The first kappa shape index (κ1) is 18.7. The number of hydrogen-bond acceptors (Lipinski definition) is 5. The fraction of sp³-hybridized carbons (Fsp3) is 0.238. The van der Waals surface area contributed by atoms with E-state index >= 15 is 0 Å². The zero-order chi connectivity index (χ0) is 20.1. The van der Waals surface area contributed by atoms with Gasteiger partial charge in [0.05, 0.1) is 0 Å². The second kappa shape index (κ2) is 8.55. The van der Waals surface area contributed by atoms with Crippen molar-refractivity contribution in [2.75, 3.05) is 6.54 Å². The van der Waals surface area contributed by atoms with Crippen molar-refractivity contribution in [2.45, 2.75) is 26.5 Å². The molecule has 0 bridgehead atoms. The standard InChI is InChI=1S/C21H22N6O2/c1-2-27-20(24-25-26-27)14-29-17-9-7-15(8-10-17)21(28)22-12-11-16-13-23-19-6-4-3-5-18(16)19/h3-10,13,23H,2,11-12,14H2,1H3,(H,22,28). The first-order valence-electron chi connectivity index (χ1n) is 9.55. The molecule has 0 atom stereocenters. The van der Waals surface area contributed by atoms with E-state index in [0.29, 0.717) is 30.2 Å². The minimum absolute atomic E-state index is 0.105. The molecule has 1 amide bonds. The number of tetrazole rings is 1. The highest BCUT2D eigenvalue weighted by molar-refractivity contribution is 5.94. The van der Waals surface area contributed by atoms with Gasteiger partial charge in [0.1, 0.15) is 12.4 Å². The van der Waals surface area contributed by atoms with E-state index in [1.807, 2.05) is 31.3 Å². The van der Waals surface area contributed by atoms with Crippen LogP contribution in [0.3, 0.4) is 0 Å². The van der Waals surface area contributed by atoms with E-state index in [4.69, 9.17) is 4.74 Å².